The average Bonchev–Trinajstić information content (AvgIpc) is 3.32. The van der Waals surface area contributed by atoms with Crippen molar-refractivity contribution >= 4 is 53.4 Å². The van der Waals surface area contributed by atoms with Crippen LogP contribution in [0.1, 0.15) is 184 Å². The molecular formula is C56H88N8O11. The third-order valence-electron chi connectivity index (χ3n) is 15.3. The summed E-state index contributed by atoms with van der Waals surface area (Å²) in [6, 6.07) is 7.24. The molecule has 0 radical (unpaired) electrons. The van der Waals surface area contributed by atoms with E-state index in [1.165, 1.54) is 0 Å². The molecule has 0 heterocycles. The third-order valence-corrected chi connectivity index (χ3v) is 15.3. The zero-order valence-corrected chi connectivity index (χ0v) is 46.5. The lowest BCUT2D eigenvalue weighted by Gasteiger charge is -2.39. The van der Waals surface area contributed by atoms with Crippen molar-refractivity contribution in [3.63, 3.8) is 0 Å². The highest BCUT2D eigenvalue weighted by Crippen LogP contribution is 2.31. The maximum absolute atomic E-state index is 14.1. The maximum Gasteiger partial charge on any atom is 0.408 e. The molecule has 8 N–H and O–H groups in total. The minimum Gasteiger partial charge on any atom is -0.461 e. The van der Waals surface area contributed by atoms with Crippen LogP contribution in [0.5, 0.6) is 0 Å². The Morgan fingerprint density at radius 2 is 0.707 bits per heavy atom. The van der Waals surface area contributed by atoms with E-state index in [4.69, 9.17) is 9.47 Å². The first-order chi connectivity index (χ1) is 35.0. The van der Waals surface area contributed by atoms with Crippen molar-refractivity contribution < 1.29 is 52.6 Å². The van der Waals surface area contributed by atoms with Gasteiger partial charge in [0, 0.05) is 24.2 Å². The van der Waals surface area contributed by atoms with E-state index < -0.39 is 117 Å². The van der Waals surface area contributed by atoms with Crippen LogP contribution in [0.15, 0.2) is 30.3 Å². The first-order valence-corrected chi connectivity index (χ1v) is 27.4. The molecule has 1 aromatic carbocycles. The fraction of sp³-hybridized carbons (Fsp3) is 0.732. The fourth-order valence-electron chi connectivity index (χ4n) is 10.7. The predicted octanol–water partition coefficient (Wildman–Crippen LogP) is 5.42. The summed E-state index contributed by atoms with van der Waals surface area (Å²) in [5, 5.41) is 23.4. The molecule has 418 valence electrons. The predicted molar refractivity (Wildman–Crippen MR) is 282 cm³/mol. The Labute approximate surface area is 444 Å². The second-order valence-corrected chi connectivity index (χ2v) is 24.6. The quantitative estimate of drug-likeness (QED) is 0.0861. The number of alkyl carbamates (subject to hydrolysis) is 1. The number of hydrogen-bond donors (Lipinski definition) is 8. The second kappa shape index (κ2) is 25.4. The van der Waals surface area contributed by atoms with Crippen LogP contribution in [-0.4, -0.2) is 105 Å². The molecule has 4 saturated carbocycles. The summed E-state index contributed by atoms with van der Waals surface area (Å²) in [6.45, 7) is 18.0. The standard InChI is InChI=1S/C56H88N8O11/c1-52(2,3)75-51(73)64-56(10,11)50(72)59-41-31-21-17-27-37(41)45(67)62-54(6,7)48(70)57-39-29-19-15-25-35(39)43(65)61-53(4,5)47(69)58-40-30-20-16-26-36(40)44(66)63-55(8,9)49(71)60-42-32-22-18-28-38(42)46(68)74-33-34-23-13-12-14-24-34/h12-14,23-24,35-42H,15-22,25-33H2,1-11H3,(H,57,70)(H,58,69)(H,59,72)(H,60,71)(H,61,65)(H,62,67)(H,63,66)(H,64,73)/t35-,36-,37-,38-,39-,40-,41-,42-/m0/s1. The number of carbonyl (C=O) groups excluding carboxylic acids is 9. The average molecular weight is 1050 g/mol. The zero-order chi connectivity index (χ0) is 55.5. The van der Waals surface area contributed by atoms with Gasteiger partial charge in [-0.1, -0.05) is 81.7 Å². The Kier molecular flexibility index (Phi) is 20.4. The fourth-order valence-corrected chi connectivity index (χ4v) is 10.7. The summed E-state index contributed by atoms with van der Waals surface area (Å²) >= 11 is 0. The third kappa shape index (κ3) is 17.1. The highest BCUT2D eigenvalue weighted by Gasteiger charge is 2.45. The molecule has 0 saturated heterocycles. The number of benzene rings is 1. The van der Waals surface area contributed by atoms with Gasteiger partial charge in [-0.15, -0.1) is 0 Å². The van der Waals surface area contributed by atoms with Crippen LogP contribution in [0.2, 0.25) is 0 Å². The monoisotopic (exact) mass is 1050 g/mol. The van der Waals surface area contributed by atoms with Crippen molar-refractivity contribution in [3.05, 3.63) is 35.9 Å². The SMILES string of the molecule is CC(C)(C)OC(=O)NC(C)(C)C(=O)N[C@H]1CCCC[C@@H]1C(=O)NC(C)(C)C(=O)N[C@H]1CCCC[C@@H]1C(=O)NC(C)(C)C(=O)N[C@H]1CCCC[C@@H]1C(=O)NC(C)(C)C(=O)N[C@H]1CCCC[C@@H]1C(=O)OCc1ccccc1. The molecule has 75 heavy (non-hydrogen) atoms. The Morgan fingerprint density at radius 1 is 0.413 bits per heavy atom. The van der Waals surface area contributed by atoms with Crippen LogP contribution in [0, 0.1) is 23.7 Å². The van der Waals surface area contributed by atoms with E-state index in [2.05, 4.69) is 42.5 Å². The van der Waals surface area contributed by atoms with Gasteiger partial charge in [-0.05, 0) is 133 Å². The molecule has 4 fully saturated rings. The van der Waals surface area contributed by atoms with Gasteiger partial charge in [-0.25, -0.2) is 4.79 Å². The molecule has 4 aliphatic carbocycles. The topological polar surface area (TPSA) is 268 Å². The molecule has 0 spiro atoms. The Morgan fingerprint density at radius 3 is 1.04 bits per heavy atom. The summed E-state index contributed by atoms with van der Waals surface area (Å²) in [5.41, 5.74) is -5.41. The maximum atomic E-state index is 14.1. The van der Waals surface area contributed by atoms with Crippen molar-refractivity contribution in [3.8, 4) is 0 Å². The van der Waals surface area contributed by atoms with Gasteiger partial charge in [-0.2, -0.15) is 0 Å². The Hall–Kier alpha value is -5.75. The molecule has 0 bridgehead atoms. The van der Waals surface area contributed by atoms with Gasteiger partial charge >= 0.3 is 12.1 Å². The van der Waals surface area contributed by atoms with E-state index >= 15 is 0 Å². The molecule has 0 aromatic heterocycles. The number of rotatable bonds is 18. The van der Waals surface area contributed by atoms with E-state index in [-0.39, 0.29) is 18.5 Å². The minimum atomic E-state index is -1.42. The normalized spacial score (nSPS) is 24.7. The van der Waals surface area contributed by atoms with Crippen molar-refractivity contribution in [1.82, 2.24) is 42.5 Å². The molecule has 4 aliphatic rings. The van der Waals surface area contributed by atoms with Crippen LogP contribution in [0.25, 0.3) is 0 Å². The van der Waals surface area contributed by atoms with Gasteiger partial charge in [0.2, 0.25) is 41.4 Å². The largest absolute Gasteiger partial charge is 0.461 e. The van der Waals surface area contributed by atoms with Crippen LogP contribution in [-0.2, 0) is 54.4 Å². The lowest BCUT2D eigenvalue weighted by Crippen LogP contribution is -2.64. The van der Waals surface area contributed by atoms with E-state index in [1.807, 2.05) is 30.3 Å². The summed E-state index contributed by atoms with van der Waals surface area (Å²) < 4.78 is 11.0. The molecule has 19 nitrogen and oxygen atoms in total. The van der Waals surface area contributed by atoms with E-state index in [1.54, 1.807) is 76.2 Å². The van der Waals surface area contributed by atoms with Gasteiger partial charge in [0.25, 0.3) is 0 Å². The summed E-state index contributed by atoms with van der Waals surface area (Å²) in [5.74, 6) is -5.95. The number of ether oxygens (including phenoxy) is 2. The zero-order valence-electron chi connectivity index (χ0n) is 46.5. The molecule has 0 unspecified atom stereocenters. The van der Waals surface area contributed by atoms with Crippen molar-refractivity contribution in [2.75, 3.05) is 0 Å². The van der Waals surface area contributed by atoms with Crippen molar-refractivity contribution in [1.29, 1.82) is 0 Å². The summed E-state index contributed by atoms with van der Waals surface area (Å²) in [7, 11) is 0. The number of nitrogens with one attached hydrogen (secondary N) is 8. The Bertz CT molecular complexity index is 2220. The van der Waals surface area contributed by atoms with Crippen LogP contribution in [0.4, 0.5) is 4.79 Å². The highest BCUT2D eigenvalue weighted by molar-refractivity contribution is 5.96. The summed E-state index contributed by atoms with van der Waals surface area (Å²) in [4.78, 5) is 123. The molecule has 0 aliphatic heterocycles. The van der Waals surface area contributed by atoms with Gasteiger partial charge in [0.15, 0.2) is 0 Å². The molecular weight excluding hydrogens is 961 g/mol. The van der Waals surface area contributed by atoms with Crippen LogP contribution in [0.3, 0.4) is 0 Å². The molecule has 1 aromatic rings. The second-order valence-electron chi connectivity index (χ2n) is 24.6. The molecule has 5 rings (SSSR count). The molecule has 19 heteroatoms. The van der Waals surface area contributed by atoms with Crippen LogP contribution >= 0.6 is 0 Å². The van der Waals surface area contributed by atoms with Crippen LogP contribution < -0.4 is 42.5 Å². The van der Waals surface area contributed by atoms with Crippen molar-refractivity contribution in [2.24, 2.45) is 23.7 Å². The van der Waals surface area contributed by atoms with Gasteiger partial charge in [-0.3, -0.25) is 38.4 Å². The van der Waals surface area contributed by atoms with E-state index in [9.17, 15) is 43.2 Å². The van der Waals surface area contributed by atoms with Gasteiger partial charge < -0.3 is 52.0 Å². The first-order valence-electron chi connectivity index (χ1n) is 27.4. The smallest absolute Gasteiger partial charge is 0.408 e. The number of esters is 1. The number of hydrogen-bond acceptors (Lipinski definition) is 11. The summed E-state index contributed by atoms with van der Waals surface area (Å²) in [6.07, 6.45) is 9.58. The number of carbonyl (C=O) groups is 9. The van der Waals surface area contributed by atoms with Gasteiger partial charge in [0.1, 0.15) is 34.4 Å². The van der Waals surface area contributed by atoms with E-state index in [0.717, 1.165) is 56.9 Å². The highest BCUT2D eigenvalue weighted by atomic mass is 16.6. The molecule has 8 amide bonds. The van der Waals surface area contributed by atoms with Crippen molar-refractivity contribution in [2.45, 2.75) is 237 Å². The number of amides is 8. The molecule has 8 atom stereocenters. The minimum absolute atomic E-state index is 0.138. The lowest BCUT2D eigenvalue weighted by molar-refractivity contribution is -0.152. The lowest BCUT2D eigenvalue weighted by atomic mass is 9.81. The Balaban J connectivity index is 1.14. The van der Waals surface area contributed by atoms with E-state index in [0.29, 0.717) is 51.4 Å². The first kappa shape index (κ1) is 60.1. The van der Waals surface area contributed by atoms with Gasteiger partial charge in [0.05, 0.1) is 23.7 Å².